The van der Waals surface area contributed by atoms with Crippen LogP contribution in [0.25, 0.3) is 0 Å². The Kier molecular flexibility index (Phi) is 10.0. The molecule has 276 valence electrons. The van der Waals surface area contributed by atoms with Crippen LogP contribution in [0.2, 0.25) is 0 Å². The van der Waals surface area contributed by atoms with Crippen molar-refractivity contribution < 1.29 is 58.1 Å². The van der Waals surface area contributed by atoms with E-state index in [0.717, 1.165) is 12.0 Å². The molecule has 6 rings (SSSR count). The second-order valence-corrected chi connectivity index (χ2v) is 15.4. The van der Waals surface area contributed by atoms with Gasteiger partial charge in [-0.05, 0) is 68.9 Å². The first-order valence-electron chi connectivity index (χ1n) is 17.6. The van der Waals surface area contributed by atoms with E-state index in [4.69, 9.17) is 28.4 Å². The highest BCUT2D eigenvalue weighted by atomic mass is 16.7. The van der Waals surface area contributed by atoms with E-state index >= 15 is 0 Å². The van der Waals surface area contributed by atoms with Gasteiger partial charge in [0.25, 0.3) is 0 Å². The molecular formula is C37H51NO12. The summed E-state index contributed by atoms with van der Waals surface area (Å²) >= 11 is 0. The van der Waals surface area contributed by atoms with Crippen molar-refractivity contribution in [1.82, 2.24) is 4.98 Å². The molecule has 3 fully saturated rings. The molecule has 50 heavy (non-hydrogen) atoms. The largest absolute Gasteiger partial charge is 0.502 e. The highest BCUT2D eigenvalue weighted by Gasteiger charge is 2.70. The molecule has 4 N–H and O–H groups in total. The highest BCUT2D eigenvalue weighted by Crippen LogP contribution is 2.70. The first-order valence-corrected chi connectivity index (χ1v) is 17.6. The average molecular weight is 702 g/mol. The Bertz CT molecular complexity index is 1520. The molecule has 1 aromatic rings. The summed E-state index contributed by atoms with van der Waals surface area (Å²) < 4.78 is 35.5. The van der Waals surface area contributed by atoms with Crippen LogP contribution in [0.4, 0.5) is 0 Å². The van der Waals surface area contributed by atoms with Gasteiger partial charge in [-0.25, -0.2) is 9.59 Å². The number of aromatic amines is 1. The molecular weight excluding hydrogens is 650 g/mol. The molecule has 0 radical (unpaired) electrons. The number of H-pyrrole nitrogens is 1. The fourth-order valence-electron chi connectivity index (χ4n) is 10.5. The van der Waals surface area contributed by atoms with E-state index in [0.29, 0.717) is 25.7 Å². The lowest BCUT2D eigenvalue weighted by molar-refractivity contribution is -0.285. The molecule has 12 atom stereocenters. The summed E-state index contributed by atoms with van der Waals surface area (Å²) in [6, 6.07) is 3.32. The third-order valence-corrected chi connectivity index (χ3v) is 12.8. The van der Waals surface area contributed by atoms with E-state index in [9.17, 15) is 29.7 Å². The molecule has 0 spiro atoms. The summed E-state index contributed by atoms with van der Waals surface area (Å²) in [7, 11) is 1.65. The van der Waals surface area contributed by atoms with Crippen LogP contribution in [-0.2, 0) is 38.0 Å². The smallest absolute Gasteiger partial charge is 0.376 e. The standard InChI is InChI=1S/C37H51NO12/c1-19-9-11-24-35(4,30(19)29-31(41)34(44)50-33(29)43)14-13-25-36(24,5)26(40)16-27(49-21(3)39)37(25,18-47-32(42)22-8-7-15-38-22)17-46-28-12-10-23(45-6)20(2)48-28/h7-9,15,20,23-28,30,33,38,40-41,43H,10-14,16-18H2,1-6H3/t20-,23-,24?,25?,26?,27?,28-,30?,33?,35?,36?,37?/m1/s1. The number of cyclic esters (lactones) is 1. The molecule has 3 aliphatic carbocycles. The summed E-state index contributed by atoms with van der Waals surface area (Å²) in [6.07, 6.45) is 2.32. The van der Waals surface area contributed by atoms with E-state index in [1.165, 1.54) is 6.92 Å². The number of carbonyl (C=O) groups excluding carboxylic acids is 3. The van der Waals surface area contributed by atoms with Crippen molar-refractivity contribution in [3.8, 4) is 0 Å². The van der Waals surface area contributed by atoms with Crippen molar-refractivity contribution in [3.63, 3.8) is 0 Å². The number of esters is 3. The minimum Gasteiger partial charge on any atom is -0.502 e. The summed E-state index contributed by atoms with van der Waals surface area (Å²) in [5.74, 6) is -3.84. The molecule has 2 saturated carbocycles. The van der Waals surface area contributed by atoms with E-state index < -0.39 is 76.5 Å². The Morgan fingerprint density at radius 1 is 1.12 bits per heavy atom. The molecule has 3 heterocycles. The molecule has 13 nitrogen and oxygen atoms in total. The number of fused-ring (bicyclic) bond motifs is 3. The maximum Gasteiger partial charge on any atom is 0.376 e. The molecule has 0 amide bonds. The van der Waals surface area contributed by atoms with Gasteiger partial charge in [0.15, 0.2) is 6.29 Å². The molecule has 13 heteroatoms. The van der Waals surface area contributed by atoms with Gasteiger partial charge in [0.1, 0.15) is 18.4 Å². The second-order valence-electron chi connectivity index (χ2n) is 15.4. The molecule has 1 aromatic heterocycles. The Morgan fingerprint density at radius 2 is 1.88 bits per heavy atom. The Morgan fingerprint density at radius 3 is 2.50 bits per heavy atom. The van der Waals surface area contributed by atoms with Gasteiger partial charge in [-0.2, -0.15) is 0 Å². The van der Waals surface area contributed by atoms with Crippen molar-refractivity contribution in [2.75, 3.05) is 20.3 Å². The number of aliphatic hydroxyl groups excluding tert-OH is 3. The first-order chi connectivity index (χ1) is 23.7. The number of allylic oxidation sites excluding steroid dienone is 2. The van der Waals surface area contributed by atoms with E-state index in [1.54, 1.807) is 25.4 Å². The quantitative estimate of drug-likeness (QED) is 0.165. The number of rotatable bonds is 9. The van der Waals surface area contributed by atoms with Crippen LogP contribution in [0, 0.1) is 34.0 Å². The number of aromatic nitrogens is 1. The van der Waals surface area contributed by atoms with Crippen LogP contribution >= 0.6 is 0 Å². The van der Waals surface area contributed by atoms with Gasteiger partial charge < -0.3 is 48.7 Å². The number of hydrogen-bond donors (Lipinski definition) is 4. The van der Waals surface area contributed by atoms with Gasteiger partial charge in [-0.15, -0.1) is 0 Å². The maximum absolute atomic E-state index is 13.3. The SMILES string of the molecule is CO[C@@H]1CC[C@H](OCC2(COC(=O)c3ccc[nH]3)C(OC(C)=O)CC(O)C3(C)C4CC=C(C)C(C5=C(O)C(=O)OC5O)C4(C)CCC23)O[C@@H]1C. The monoisotopic (exact) mass is 701 g/mol. The highest BCUT2D eigenvalue weighted by molar-refractivity contribution is 5.89. The van der Waals surface area contributed by atoms with Crippen molar-refractivity contribution >= 4 is 17.9 Å². The maximum atomic E-state index is 13.3. The van der Waals surface area contributed by atoms with Gasteiger partial charge in [0, 0.05) is 44.4 Å². The van der Waals surface area contributed by atoms with Crippen molar-refractivity contribution in [2.45, 2.75) is 110 Å². The van der Waals surface area contributed by atoms with E-state index in [-0.39, 0.29) is 49.0 Å². The minimum absolute atomic E-state index is 0.0136. The van der Waals surface area contributed by atoms with Crippen LogP contribution in [0.15, 0.2) is 41.3 Å². The predicted octanol–water partition coefficient (Wildman–Crippen LogP) is 4.10. The fraction of sp³-hybridized carbons (Fsp3) is 0.703. The molecule has 0 aromatic carbocycles. The van der Waals surface area contributed by atoms with Gasteiger partial charge in [0.2, 0.25) is 12.0 Å². The van der Waals surface area contributed by atoms with Crippen molar-refractivity contribution in [2.24, 2.45) is 34.0 Å². The summed E-state index contributed by atoms with van der Waals surface area (Å²) in [5, 5.41) is 33.9. The number of ether oxygens (including phenoxy) is 6. The third-order valence-electron chi connectivity index (χ3n) is 12.8. The summed E-state index contributed by atoms with van der Waals surface area (Å²) in [4.78, 5) is 41.3. The average Bonchev–Trinajstić information content (AvgIpc) is 3.69. The van der Waals surface area contributed by atoms with E-state index in [2.05, 4.69) is 11.9 Å². The number of methoxy groups -OCH3 is 1. The molecule has 5 aliphatic rings. The minimum atomic E-state index is -1.59. The molecule has 0 bridgehead atoms. The number of aliphatic hydroxyl groups is 3. The van der Waals surface area contributed by atoms with Crippen LogP contribution in [0.1, 0.15) is 83.6 Å². The van der Waals surface area contributed by atoms with Gasteiger partial charge >= 0.3 is 17.9 Å². The van der Waals surface area contributed by atoms with Crippen molar-refractivity contribution in [1.29, 1.82) is 0 Å². The zero-order valence-electron chi connectivity index (χ0n) is 29.7. The predicted molar refractivity (Wildman–Crippen MR) is 176 cm³/mol. The fourth-order valence-corrected chi connectivity index (χ4v) is 10.5. The Balaban J connectivity index is 1.42. The van der Waals surface area contributed by atoms with Crippen LogP contribution in [-0.4, -0.2) is 95.5 Å². The lowest BCUT2D eigenvalue weighted by atomic mass is 9.38. The third kappa shape index (κ3) is 5.98. The Labute approximate surface area is 292 Å². The lowest BCUT2D eigenvalue weighted by Gasteiger charge is -2.68. The van der Waals surface area contributed by atoms with E-state index in [1.807, 2.05) is 26.8 Å². The zero-order chi connectivity index (χ0) is 36.2. The molecule has 2 aliphatic heterocycles. The normalized spacial score (nSPS) is 41.5. The van der Waals surface area contributed by atoms with Crippen LogP contribution in [0.3, 0.4) is 0 Å². The number of hydrogen-bond acceptors (Lipinski definition) is 12. The Hall–Kier alpha value is -3.23. The van der Waals surface area contributed by atoms with Gasteiger partial charge in [-0.3, -0.25) is 4.79 Å². The lowest BCUT2D eigenvalue weighted by Crippen LogP contribution is -2.69. The number of carbonyl (C=O) groups is 3. The summed E-state index contributed by atoms with van der Waals surface area (Å²) in [5.41, 5.74) is -1.32. The summed E-state index contributed by atoms with van der Waals surface area (Å²) in [6.45, 7) is 9.13. The topological polar surface area (TPSA) is 183 Å². The molecule has 9 unspecified atom stereocenters. The molecule has 1 saturated heterocycles. The van der Waals surface area contributed by atoms with Gasteiger partial charge in [-0.1, -0.05) is 25.5 Å². The number of nitrogens with one attached hydrogen (secondary N) is 1. The van der Waals surface area contributed by atoms with Gasteiger partial charge in [0.05, 0.1) is 35.9 Å². The first kappa shape index (κ1) is 36.6. The second kappa shape index (κ2) is 13.7. The zero-order valence-corrected chi connectivity index (χ0v) is 29.7. The van der Waals surface area contributed by atoms with Crippen LogP contribution in [0.5, 0.6) is 0 Å². The van der Waals surface area contributed by atoms with Crippen LogP contribution < -0.4 is 0 Å². The van der Waals surface area contributed by atoms with Crippen molar-refractivity contribution in [3.05, 3.63) is 47.0 Å².